The lowest BCUT2D eigenvalue weighted by Crippen LogP contribution is -2.18. The molecule has 1 heterocycles. The van der Waals surface area contributed by atoms with Gasteiger partial charge in [0.2, 0.25) is 0 Å². The quantitative estimate of drug-likeness (QED) is 0.888. The van der Waals surface area contributed by atoms with E-state index in [4.69, 9.17) is 10.3 Å². The Morgan fingerprint density at radius 1 is 1.29 bits per heavy atom. The molecule has 1 unspecified atom stereocenters. The standard InChI is InChI=1S/C11H11F2N3O/c1-6(14)2-10-15-11(17-16-10)7-3-8(12)5-9(13)4-7/h3-6H,2,14H2,1H3. The zero-order valence-corrected chi connectivity index (χ0v) is 9.15. The van der Waals surface area contributed by atoms with Crippen molar-refractivity contribution in [3.63, 3.8) is 0 Å². The maximum atomic E-state index is 13.0. The number of halogens is 2. The second-order valence-electron chi connectivity index (χ2n) is 3.86. The van der Waals surface area contributed by atoms with Gasteiger partial charge in [-0.25, -0.2) is 8.78 Å². The van der Waals surface area contributed by atoms with Crippen LogP contribution in [0.25, 0.3) is 11.5 Å². The Kier molecular flexibility index (Phi) is 3.14. The van der Waals surface area contributed by atoms with E-state index in [2.05, 4.69) is 10.1 Å². The zero-order valence-electron chi connectivity index (χ0n) is 9.15. The summed E-state index contributed by atoms with van der Waals surface area (Å²) in [4.78, 5) is 4.01. The molecule has 0 bridgehead atoms. The number of hydrogen-bond donors (Lipinski definition) is 1. The van der Waals surface area contributed by atoms with Crippen LogP contribution in [0.15, 0.2) is 22.7 Å². The molecule has 0 aliphatic heterocycles. The first-order valence-electron chi connectivity index (χ1n) is 5.09. The highest BCUT2D eigenvalue weighted by molar-refractivity contribution is 5.52. The van der Waals surface area contributed by atoms with Gasteiger partial charge in [-0.3, -0.25) is 0 Å². The van der Waals surface area contributed by atoms with Gasteiger partial charge in [0.1, 0.15) is 11.6 Å². The molecular weight excluding hydrogens is 228 g/mol. The largest absolute Gasteiger partial charge is 0.334 e. The second kappa shape index (κ2) is 4.58. The van der Waals surface area contributed by atoms with E-state index in [0.717, 1.165) is 18.2 Å². The van der Waals surface area contributed by atoms with Crippen LogP contribution in [-0.2, 0) is 6.42 Å². The van der Waals surface area contributed by atoms with Gasteiger partial charge in [0.25, 0.3) is 5.89 Å². The van der Waals surface area contributed by atoms with Crippen molar-refractivity contribution in [3.05, 3.63) is 35.7 Å². The van der Waals surface area contributed by atoms with E-state index in [1.165, 1.54) is 0 Å². The molecule has 0 aliphatic carbocycles. The predicted molar refractivity (Wildman–Crippen MR) is 57.0 cm³/mol. The summed E-state index contributed by atoms with van der Waals surface area (Å²) >= 11 is 0. The minimum Gasteiger partial charge on any atom is -0.334 e. The Balaban J connectivity index is 2.30. The van der Waals surface area contributed by atoms with Gasteiger partial charge in [-0.1, -0.05) is 5.16 Å². The van der Waals surface area contributed by atoms with Gasteiger partial charge in [-0.15, -0.1) is 0 Å². The third kappa shape index (κ3) is 2.85. The summed E-state index contributed by atoms with van der Waals surface area (Å²) in [5.74, 6) is -0.877. The summed E-state index contributed by atoms with van der Waals surface area (Å²) < 4.78 is 30.9. The molecule has 2 rings (SSSR count). The lowest BCUT2D eigenvalue weighted by Gasteiger charge is -1.97. The van der Waals surface area contributed by atoms with Crippen LogP contribution in [0.3, 0.4) is 0 Å². The number of rotatable bonds is 3. The molecule has 1 aromatic carbocycles. The number of nitrogens with two attached hydrogens (primary N) is 1. The van der Waals surface area contributed by atoms with Crippen molar-refractivity contribution < 1.29 is 13.3 Å². The first-order chi connectivity index (χ1) is 8.04. The molecule has 0 spiro atoms. The maximum Gasteiger partial charge on any atom is 0.258 e. The summed E-state index contributed by atoms with van der Waals surface area (Å²) in [5.41, 5.74) is 5.79. The normalized spacial score (nSPS) is 12.7. The molecule has 1 atom stereocenters. The second-order valence-corrected chi connectivity index (χ2v) is 3.86. The number of aromatic nitrogens is 2. The predicted octanol–water partition coefficient (Wildman–Crippen LogP) is 1.90. The van der Waals surface area contributed by atoms with Crippen LogP contribution in [-0.4, -0.2) is 16.2 Å². The Morgan fingerprint density at radius 3 is 2.53 bits per heavy atom. The van der Waals surface area contributed by atoms with E-state index in [1.807, 2.05) is 0 Å². The van der Waals surface area contributed by atoms with Crippen molar-refractivity contribution in [1.82, 2.24) is 10.1 Å². The summed E-state index contributed by atoms with van der Waals surface area (Å²) in [6.07, 6.45) is 0.446. The molecule has 0 amide bonds. The third-order valence-electron chi connectivity index (χ3n) is 2.08. The molecule has 2 N–H and O–H groups in total. The number of nitrogens with zero attached hydrogens (tertiary/aromatic N) is 2. The van der Waals surface area contributed by atoms with E-state index >= 15 is 0 Å². The highest BCUT2D eigenvalue weighted by Crippen LogP contribution is 2.19. The number of hydrogen-bond acceptors (Lipinski definition) is 4. The summed E-state index contributed by atoms with van der Waals surface area (Å²) in [6.45, 7) is 1.80. The summed E-state index contributed by atoms with van der Waals surface area (Å²) in [6, 6.07) is 2.94. The van der Waals surface area contributed by atoms with Crippen LogP contribution in [0.2, 0.25) is 0 Å². The first-order valence-corrected chi connectivity index (χ1v) is 5.09. The van der Waals surface area contributed by atoms with Crippen LogP contribution in [0.4, 0.5) is 8.78 Å². The minimum absolute atomic E-state index is 0.0825. The lowest BCUT2D eigenvalue weighted by molar-refractivity contribution is 0.420. The molecule has 6 heteroatoms. The van der Waals surface area contributed by atoms with Crippen LogP contribution in [0.5, 0.6) is 0 Å². The molecular formula is C11H11F2N3O. The van der Waals surface area contributed by atoms with Crippen LogP contribution in [0.1, 0.15) is 12.7 Å². The lowest BCUT2D eigenvalue weighted by atomic mass is 10.2. The van der Waals surface area contributed by atoms with E-state index in [0.29, 0.717) is 12.2 Å². The van der Waals surface area contributed by atoms with Crippen molar-refractivity contribution in [3.8, 4) is 11.5 Å². The fraction of sp³-hybridized carbons (Fsp3) is 0.273. The van der Waals surface area contributed by atoms with Crippen LogP contribution in [0, 0.1) is 11.6 Å². The SMILES string of the molecule is CC(N)Cc1noc(-c2cc(F)cc(F)c2)n1. The molecule has 0 saturated heterocycles. The highest BCUT2D eigenvalue weighted by Gasteiger charge is 2.12. The van der Waals surface area contributed by atoms with Crippen molar-refractivity contribution in [2.75, 3.05) is 0 Å². The Hall–Kier alpha value is -1.82. The molecule has 2 aromatic rings. The third-order valence-corrected chi connectivity index (χ3v) is 2.08. The number of benzene rings is 1. The fourth-order valence-corrected chi connectivity index (χ4v) is 1.42. The highest BCUT2D eigenvalue weighted by atomic mass is 19.1. The van der Waals surface area contributed by atoms with Gasteiger partial charge in [0, 0.05) is 24.1 Å². The molecule has 1 aromatic heterocycles. The zero-order chi connectivity index (χ0) is 12.4. The fourth-order valence-electron chi connectivity index (χ4n) is 1.42. The van der Waals surface area contributed by atoms with Crippen molar-refractivity contribution in [2.45, 2.75) is 19.4 Å². The van der Waals surface area contributed by atoms with Crippen LogP contribution < -0.4 is 5.73 Å². The molecule has 0 fully saturated rings. The molecule has 0 saturated carbocycles. The van der Waals surface area contributed by atoms with Gasteiger partial charge in [-0.2, -0.15) is 4.98 Å². The maximum absolute atomic E-state index is 13.0. The molecule has 0 aliphatic rings. The topological polar surface area (TPSA) is 64.9 Å². The summed E-state index contributed by atoms with van der Waals surface area (Å²) in [7, 11) is 0. The molecule has 90 valence electrons. The van der Waals surface area contributed by atoms with Crippen molar-refractivity contribution in [2.24, 2.45) is 5.73 Å². The van der Waals surface area contributed by atoms with Crippen LogP contribution >= 0.6 is 0 Å². The summed E-state index contributed by atoms with van der Waals surface area (Å²) in [5, 5.41) is 3.68. The van der Waals surface area contributed by atoms with Gasteiger partial charge < -0.3 is 10.3 Å². The van der Waals surface area contributed by atoms with Crippen molar-refractivity contribution in [1.29, 1.82) is 0 Å². The van der Waals surface area contributed by atoms with Gasteiger partial charge >= 0.3 is 0 Å². The van der Waals surface area contributed by atoms with Gasteiger partial charge in [0.05, 0.1) is 0 Å². The first kappa shape index (κ1) is 11.7. The van der Waals surface area contributed by atoms with Crippen molar-refractivity contribution >= 4 is 0 Å². The Bertz CT molecular complexity index is 505. The van der Waals surface area contributed by atoms with E-state index < -0.39 is 11.6 Å². The smallest absolute Gasteiger partial charge is 0.258 e. The Labute approximate surface area is 96.4 Å². The molecule has 17 heavy (non-hydrogen) atoms. The Morgan fingerprint density at radius 2 is 1.94 bits per heavy atom. The molecule has 0 radical (unpaired) electrons. The van der Waals surface area contributed by atoms with E-state index in [-0.39, 0.29) is 17.5 Å². The average Bonchev–Trinajstić information content (AvgIpc) is 2.63. The van der Waals surface area contributed by atoms with E-state index in [9.17, 15) is 8.78 Å². The van der Waals surface area contributed by atoms with Gasteiger partial charge in [-0.05, 0) is 19.1 Å². The van der Waals surface area contributed by atoms with E-state index in [1.54, 1.807) is 6.92 Å². The minimum atomic E-state index is -0.688. The average molecular weight is 239 g/mol. The molecule has 4 nitrogen and oxygen atoms in total. The van der Waals surface area contributed by atoms with Gasteiger partial charge in [0.15, 0.2) is 5.82 Å². The monoisotopic (exact) mass is 239 g/mol.